The number of benzene rings is 3. The highest BCUT2D eigenvalue weighted by Crippen LogP contribution is 2.60. The van der Waals surface area contributed by atoms with Gasteiger partial charge in [-0.05, 0) is 46.2 Å². The summed E-state index contributed by atoms with van der Waals surface area (Å²) in [7, 11) is 0. The first-order chi connectivity index (χ1) is 12.4. The third kappa shape index (κ3) is 1.79. The van der Waals surface area contributed by atoms with Crippen LogP contribution in [0.1, 0.15) is 34.1 Å². The molecule has 122 valence electrons. The van der Waals surface area contributed by atoms with E-state index in [-0.39, 0.29) is 0 Å². The summed E-state index contributed by atoms with van der Waals surface area (Å²) in [6.07, 6.45) is 0. The Morgan fingerprint density at radius 2 is 0.920 bits per heavy atom. The fraction of sp³-hybridized carbons (Fsp3) is 0.250. The minimum Gasteiger partial charge on any atom is -0.371 e. The summed E-state index contributed by atoms with van der Waals surface area (Å²) >= 11 is 0. The van der Waals surface area contributed by atoms with E-state index in [2.05, 4.69) is 83.8 Å². The maximum absolute atomic E-state index is 2.62. The van der Waals surface area contributed by atoms with Crippen LogP contribution in [0.3, 0.4) is 0 Å². The average molecular weight is 323 g/mol. The molecule has 0 radical (unpaired) electrons. The third-order valence-electron chi connectivity index (χ3n) is 6.72. The van der Waals surface area contributed by atoms with E-state index in [1.807, 2.05) is 0 Å². The van der Waals surface area contributed by atoms with Crippen LogP contribution in [0, 0.1) is 11.8 Å². The molecule has 25 heavy (non-hydrogen) atoms. The van der Waals surface area contributed by atoms with Gasteiger partial charge in [-0.2, -0.15) is 0 Å². The summed E-state index contributed by atoms with van der Waals surface area (Å²) in [6.45, 7) is 2.36. The number of hydrogen-bond acceptors (Lipinski definition) is 1. The lowest BCUT2D eigenvalue weighted by Gasteiger charge is -2.47. The molecular weight excluding hydrogens is 302 g/mol. The van der Waals surface area contributed by atoms with Crippen LogP contribution >= 0.6 is 0 Å². The monoisotopic (exact) mass is 323 g/mol. The van der Waals surface area contributed by atoms with Gasteiger partial charge in [0.1, 0.15) is 0 Å². The molecule has 1 nitrogen and oxygen atoms in total. The Morgan fingerprint density at radius 1 is 0.520 bits per heavy atom. The number of nitrogens with zero attached hydrogens (tertiary/aromatic N) is 1. The Labute approximate surface area is 148 Å². The lowest BCUT2D eigenvalue weighted by Crippen LogP contribution is -2.39. The molecule has 7 rings (SSSR count). The lowest BCUT2D eigenvalue weighted by molar-refractivity contribution is 0.294. The van der Waals surface area contributed by atoms with Crippen molar-refractivity contribution in [2.45, 2.75) is 11.8 Å². The van der Waals surface area contributed by atoms with E-state index in [1.54, 1.807) is 22.3 Å². The van der Waals surface area contributed by atoms with Gasteiger partial charge < -0.3 is 4.90 Å². The van der Waals surface area contributed by atoms with Gasteiger partial charge in [0, 0.05) is 30.6 Å². The Balaban J connectivity index is 1.51. The van der Waals surface area contributed by atoms with Gasteiger partial charge in [-0.3, -0.25) is 0 Å². The van der Waals surface area contributed by atoms with E-state index < -0.39 is 0 Å². The molecule has 0 spiro atoms. The van der Waals surface area contributed by atoms with E-state index >= 15 is 0 Å². The highest BCUT2D eigenvalue weighted by molar-refractivity contribution is 5.59. The fourth-order valence-electron chi connectivity index (χ4n) is 5.82. The second-order valence-corrected chi connectivity index (χ2v) is 7.78. The molecule has 0 aromatic heterocycles. The molecule has 0 N–H and O–H groups in total. The number of hydrogen-bond donors (Lipinski definition) is 0. The van der Waals surface area contributed by atoms with Crippen molar-refractivity contribution in [2.75, 3.05) is 18.0 Å². The molecule has 1 aliphatic heterocycles. The highest BCUT2D eigenvalue weighted by Gasteiger charge is 2.52. The van der Waals surface area contributed by atoms with Crippen LogP contribution in [-0.4, -0.2) is 13.1 Å². The summed E-state index contributed by atoms with van der Waals surface area (Å²) in [5.41, 5.74) is 7.72. The zero-order valence-corrected chi connectivity index (χ0v) is 14.2. The van der Waals surface area contributed by atoms with Crippen molar-refractivity contribution in [3.05, 3.63) is 101 Å². The molecule has 3 aromatic rings. The quantitative estimate of drug-likeness (QED) is 0.607. The van der Waals surface area contributed by atoms with E-state index in [9.17, 15) is 0 Å². The van der Waals surface area contributed by atoms with Gasteiger partial charge in [0.25, 0.3) is 0 Å². The molecule has 0 amide bonds. The molecule has 3 aromatic carbocycles. The summed E-state index contributed by atoms with van der Waals surface area (Å²) < 4.78 is 0. The van der Waals surface area contributed by atoms with Gasteiger partial charge in [-0.1, -0.05) is 66.7 Å². The maximum atomic E-state index is 2.62. The minimum absolute atomic E-state index is 0.566. The van der Waals surface area contributed by atoms with Crippen molar-refractivity contribution < 1.29 is 0 Å². The van der Waals surface area contributed by atoms with Gasteiger partial charge in [0.05, 0.1) is 0 Å². The number of para-hydroxylation sites is 1. The molecule has 2 atom stereocenters. The number of rotatable bonds is 1. The minimum atomic E-state index is 0.566. The van der Waals surface area contributed by atoms with Gasteiger partial charge in [0.2, 0.25) is 0 Å². The van der Waals surface area contributed by atoms with Crippen molar-refractivity contribution in [3.63, 3.8) is 0 Å². The Kier molecular flexibility index (Phi) is 2.73. The van der Waals surface area contributed by atoms with Gasteiger partial charge in [-0.25, -0.2) is 0 Å². The van der Waals surface area contributed by atoms with Gasteiger partial charge in [-0.15, -0.1) is 0 Å². The largest absolute Gasteiger partial charge is 0.371 e. The zero-order valence-electron chi connectivity index (χ0n) is 14.2. The molecule has 1 heteroatoms. The summed E-state index contributed by atoms with van der Waals surface area (Å²) in [6, 6.07) is 29.4. The SMILES string of the molecule is c1ccc(N2CC3C4c5ccccc5C(c5ccccc54)C3C2)cc1. The summed E-state index contributed by atoms with van der Waals surface area (Å²) in [5, 5.41) is 0. The average Bonchev–Trinajstić information content (AvgIpc) is 3.14. The van der Waals surface area contributed by atoms with Crippen molar-refractivity contribution in [2.24, 2.45) is 11.8 Å². The lowest BCUT2D eigenvalue weighted by atomic mass is 9.55. The maximum Gasteiger partial charge on any atom is 0.0366 e. The first kappa shape index (κ1) is 13.7. The van der Waals surface area contributed by atoms with Crippen LogP contribution in [0.4, 0.5) is 5.69 Å². The molecule has 1 saturated heterocycles. The molecule has 4 aliphatic rings. The molecule has 2 bridgehead atoms. The van der Waals surface area contributed by atoms with Crippen LogP contribution in [0.5, 0.6) is 0 Å². The van der Waals surface area contributed by atoms with Crippen LogP contribution in [0.25, 0.3) is 0 Å². The Hall–Kier alpha value is -2.54. The van der Waals surface area contributed by atoms with Gasteiger partial charge >= 0.3 is 0 Å². The predicted molar refractivity (Wildman–Crippen MR) is 102 cm³/mol. The highest BCUT2D eigenvalue weighted by atomic mass is 15.2. The zero-order chi connectivity index (χ0) is 16.4. The van der Waals surface area contributed by atoms with Crippen LogP contribution < -0.4 is 4.90 Å². The van der Waals surface area contributed by atoms with Crippen molar-refractivity contribution in [1.82, 2.24) is 0 Å². The topological polar surface area (TPSA) is 3.24 Å². The second kappa shape index (κ2) is 4.98. The predicted octanol–water partition coefficient (Wildman–Crippen LogP) is 5.03. The smallest absolute Gasteiger partial charge is 0.0366 e. The number of anilines is 1. The van der Waals surface area contributed by atoms with E-state index in [0.717, 1.165) is 11.8 Å². The molecular formula is C24H21N. The standard InChI is InChI=1S/C24H21N/c1-2-8-16(9-3-1)25-14-21-22(15-25)24-18-11-5-4-10-17(18)23(21)19-12-6-7-13-20(19)24/h1-13,21-24H,14-15H2. The molecule has 1 heterocycles. The first-order valence-electron chi connectivity index (χ1n) is 9.39. The molecule has 0 saturated carbocycles. The second-order valence-electron chi connectivity index (χ2n) is 7.78. The Morgan fingerprint density at radius 3 is 1.36 bits per heavy atom. The molecule has 2 unspecified atom stereocenters. The van der Waals surface area contributed by atoms with Gasteiger partial charge in [0.15, 0.2) is 0 Å². The van der Waals surface area contributed by atoms with E-state index in [0.29, 0.717) is 11.8 Å². The van der Waals surface area contributed by atoms with Crippen LogP contribution in [0.15, 0.2) is 78.9 Å². The van der Waals surface area contributed by atoms with Crippen LogP contribution in [-0.2, 0) is 0 Å². The summed E-state index contributed by atoms with van der Waals surface area (Å²) in [5.74, 6) is 2.59. The van der Waals surface area contributed by atoms with Crippen LogP contribution in [0.2, 0.25) is 0 Å². The third-order valence-corrected chi connectivity index (χ3v) is 6.72. The molecule has 1 fully saturated rings. The summed E-state index contributed by atoms with van der Waals surface area (Å²) in [4.78, 5) is 2.62. The normalized spacial score (nSPS) is 28.4. The van der Waals surface area contributed by atoms with E-state index in [4.69, 9.17) is 0 Å². The fourth-order valence-corrected chi connectivity index (χ4v) is 5.82. The van der Waals surface area contributed by atoms with Crippen molar-refractivity contribution in [3.8, 4) is 0 Å². The van der Waals surface area contributed by atoms with Crippen molar-refractivity contribution >= 4 is 5.69 Å². The van der Waals surface area contributed by atoms with Crippen molar-refractivity contribution in [1.29, 1.82) is 0 Å². The molecule has 3 aliphatic carbocycles. The first-order valence-corrected chi connectivity index (χ1v) is 9.39. The van der Waals surface area contributed by atoms with E-state index in [1.165, 1.54) is 18.8 Å². The Bertz CT molecular complexity index is 840.